The van der Waals surface area contributed by atoms with Crippen LogP contribution in [0.1, 0.15) is 48.5 Å². The fourth-order valence-electron chi connectivity index (χ4n) is 1.96. The summed E-state index contributed by atoms with van der Waals surface area (Å²) in [6.45, 7) is 3.11. The first-order valence-electron chi connectivity index (χ1n) is 6.17. The van der Waals surface area contributed by atoms with Gasteiger partial charge < -0.3 is 14.5 Å². The SMILES string of the molecule is CCCNC(c1ccc(C(=O)OC)o1)C1CC1. The van der Waals surface area contributed by atoms with E-state index in [2.05, 4.69) is 17.0 Å². The molecule has 2 rings (SSSR count). The quantitative estimate of drug-likeness (QED) is 0.772. The molecule has 1 unspecified atom stereocenters. The Bertz CT molecular complexity index is 382. The van der Waals surface area contributed by atoms with Gasteiger partial charge in [-0.1, -0.05) is 6.92 Å². The molecule has 1 aliphatic carbocycles. The van der Waals surface area contributed by atoms with Crippen molar-refractivity contribution in [2.45, 2.75) is 32.2 Å². The van der Waals surface area contributed by atoms with Crippen molar-refractivity contribution in [3.8, 4) is 0 Å². The molecule has 1 aromatic heterocycles. The predicted molar refractivity (Wildman–Crippen MR) is 63.8 cm³/mol. The summed E-state index contributed by atoms with van der Waals surface area (Å²) in [7, 11) is 1.36. The summed E-state index contributed by atoms with van der Waals surface area (Å²) in [5.74, 6) is 1.37. The topological polar surface area (TPSA) is 51.5 Å². The van der Waals surface area contributed by atoms with Crippen molar-refractivity contribution in [1.29, 1.82) is 0 Å². The van der Waals surface area contributed by atoms with Crippen molar-refractivity contribution in [2.75, 3.05) is 13.7 Å². The molecule has 1 N–H and O–H groups in total. The summed E-state index contributed by atoms with van der Waals surface area (Å²) in [5, 5.41) is 3.47. The Balaban J connectivity index is 2.07. The van der Waals surface area contributed by atoms with E-state index in [9.17, 15) is 4.79 Å². The van der Waals surface area contributed by atoms with E-state index in [1.54, 1.807) is 6.07 Å². The molecule has 4 heteroatoms. The first-order chi connectivity index (χ1) is 8.26. The number of furan rings is 1. The molecule has 17 heavy (non-hydrogen) atoms. The zero-order valence-corrected chi connectivity index (χ0v) is 10.4. The zero-order chi connectivity index (χ0) is 12.3. The number of carbonyl (C=O) groups is 1. The minimum absolute atomic E-state index is 0.244. The van der Waals surface area contributed by atoms with E-state index in [1.165, 1.54) is 20.0 Å². The average Bonchev–Trinajstić information content (AvgIpc) is 3.06. The summed E-state index contributed by atoms with van der Waals surface area (Å²) in [5.41, 5.74) is 0. The highest BCUT2D eigenvalue weighted by molar-refractivity contribution is 5.86. The van der Waals surface area contributed by atoms with Crippen molar-refractivity contribution in [3.05, 3.63) is 23.7 Å². The summed E-state index contributed by atoms with van der Waals surface area (Å²) >= 11 is 0. The van der Waals surface area contributed by atoms with Crippen molar-refractivity contribution < 1.29 is 13.9 Å². The molecule has 1 aromatic rings. The number of methoxy groups -OCH3 is 1. The number of esters is 1. The van der Waals surface area contributed by atoms with Crippen molar-refractivity contribution >= 4 is 5.97 Å². The Kier molecular flexibility index (Phi) is 3.84. The van der Waals surface area contributed by atoms with Crippen LogP contribution in [0.5, 0.6) is 0 Å². The maximum atomic E-state index is 11.3. The highest BCUT2D eigenvalue weighted by Gasteiger charge is 2.34. The molecular weight excluding hydrogens is 218 g/mol. The van der Waals surface area contributed by atoms with E-state index in [1.807, 2.05) is 6.07 Å². The van der Waals surface area contributed by atoms with Crippen LogP contribution in [0.4, 0.5) is 0 Å². The Morgan fingerprint density at radius 2 is 2.35 bits per heavy atom. The summed E-state index contributed by atoms with van der Waals surface area (Å²) in [4.78, 5) is 11.3. The Morgan fingerprint density at radius 3 is 2.94 bits per heavy atom. The second-order valence-electron chi connectivity index (χ2n) is 4.46. The van der Waals surface area contributed by atoms with Crippen LogP contribution < -0.4 is 5.32 Å². The van der Waals surface area contributed by atoms with Gasteiger partial charge in [0.2, 0.25) is 5.76 Å². The zero-order valence-electron chi connectivity index (χ0n) is 10.4. The second kappa shape index (κ2) is 5.36. The number of hydrogen-bond donors (Lipinski definition) is 1. The molecule has 1 saturated carbocycles. The molecule has 0 aliphatic heterocycles. The van der Waals surface area contributed by atoms with Gasteiger partial charge in [-0.2, -0.15) is 0 Å². The van der Waals surface area contributed by atoms with Crippen LogP contribution in [0.3, 0.4) is 0 Å². The van der Waals surface area contributed by atoms with E-state index in [0.29, 0.717) is 5.92 Å². The van der Waals surface area contributed by atoms with Gasteiger partial charge in [0.25, 0.3) is 0 Å². The van der Waals surface area contributed by atoms with E-state index in [-0.39, 0.29) is 11.8 Å². The van der Waals surface area contributed by atoms with Gasteiger partial charge in [0.15, 0.2) is 0 Å². The van der Waals surface area contributed by atoms with E-state index in [0.717, 1.165) is 18.7 Å². The van der Waals surface area contributed by atoms with Crippen molar-refractivity contribution in [2.24, 2.45) is 5.92 Å². The molecule has 0 radical (unpaired) electrons. The van der Waals surface area contributed by atoms with E-state index < -0.39 is 5.97 Å². The van der Waals surface area contributed by atoms with Gasteiger partial charge in [-0.3, -0.25) is 0 Å². The number of rotatable bonds is 6. The lowest BCUT2D eigenvalue weighted by Gasteiger charge is -2.15. The second-order valence-corrected chi connectivity index (χ2v) is 4.46. The Morgan fingerprint density at radius 1 is 1.59 bits per heavy atom. The average molecular weight is 237 g/mol. The number of nitrogens with one attached hydrogen (secondary N) is 1. The molecule has 1 atom stereocenters. The third-order valence-electron chi connectivity index (χ3n) is 3.03. The van der Waals surface area contributed by atoms with Crippen LogP contribution >= 0.6 is 0 Å². The molecule has 0 amide bonds. The Hall–Kier alpha value is -1.29. The van der Waals surface area contributed by atoms with Crippen LogP contribution in [0.2, 0.25) is 0 Å². The molecule has 0 bridgehead atoms. The molecule has 1 heterocycles. The van der Waals surface area contributed by atoms with Crippen LogP contribution in [0, 0.1) is 5.92 Å². The van der Waals surface area contributed by atoms with Gasteiger partial charge in [0.1, 0.15) is 5.76 Å². The van der Waals surface area contributed by atoms with Gasteiger partial charge in [0.05, 0.1) is 13.2 Å². The summed E-state index contributed by atoms with van der Waals surface area (Å²) < 4.78 is 10.2. The van der Waals surface area contributed by atoms with Crippen molar-refractivity contribution in [3.63, 3.8) is 0 Å². The highest BCUT2D eigenvalue weighted by Crippen LogP contribution is 2.41. The number of ether oxygens (including phenoxy) is 1. The Labute approximate surface area is 101 Å². The summed E-state index contributed by atoms with van der Waals surface area (Å²) in [6, 6.07) is 3.80. The maximum absolute atomic E-state index is 11.3. The molecule has 94 valence electrons. The van der Waals surface area contributed by atoms with Crippen molar-refractivity contribution in [1.82, 2.24) is 5.32 Å². The molecular formula is C13H19NO3. The lowest BCUT2D eigenvalue weighted by Crippen LogP contribution is -2.23. The minimum atomic E-state index is -0.415. The highest BCUT2D eigenvalue weighted by atomic mass is 16.5. The lowest BCUT2D eigenvalue weighted by atomic mass is 10.1. The molecule has 0 saturated heterocycles. The smallest absolute Gasteiger partial charge is 0.373 e. The normalized spacial score (nSPS) is 16.8. The lowest BCUT2D eigenvalue weighted by molar-refractivity contribution is 0.0561. The standard InChI is InChI=1S/C13H19NO3/c1-3-8-14-12(9-4-5-9)10-6-7-11(17-10)13(15)16-2/h6-7,9,12,14H,3-5,8H2,1-2H3. The first-order valence-corrected chi connectivity index (χ1v) is 6.17. The van der Waals surface area contributed by atoms with Gasteiger partial charge >= 0.3 is 5.97 Å². The predicted octanol–water partition coefficient (Wildman–Crippen LogP) is 2.52. The third-order valence-corrected chi connectivity index (χ3v) is 3.03. The maximum Gasteiger partial charge on any atom is 0.373 e. The van der Waals surface area contributed by atoms with Crippen LogP contribution in [-0.2, 0) is 4.74 Å². The minimum Gasteiger partial charge on any atom is -0.463 e. The van der Waals surface area contributed by atoms with Gasteiger partial charge in [0, 0.05) is 0 Å². The largest absolute Gasteiger partial charge is 0.463 e. The van der Waals surface area contributed by atoms with E-state index >= 15 is 0 Å². The summed E-state index contributed by atoms with van der Waals surface area (Å²) in [6.07, 6.45) is 3.55. The monoisotopic (exact) mass is 237 g/mol. The van der Waals surface area contributed by atoms with Crippen LogP contribution in [0.25, 0.3) is 0 Å². The molecule has 0 spiro atoms. The number of carbonyl (C=O) groups excluding carboxylic acids is 1. The number of hydrogen-bond acceptors (Lipinski definition) is 4. The molecule has 0 aromatic carbocycles. The van der Waals surface area contributed by atoms with Gasteiger partial charge in [-0.25, -0.2) is 4.79 Å². The van der Waals surface area contributed by atoms with Crippen LogP contribution in [-0.4, -0.2) is 19.6 Å². The van der Waals surface area contributed by atoms with Gasteiger partial charge in [-0.05, 0) is 43.9 Å². The van der Waals surface area contributed by atoms with Gasteiger partial charge in [-0.15, -0.1) is 0 Å². The fraction of sp³-hybridized carbons (Fsp3) is 0.615. The first kappa shape index (κ1) is 12.2. The molecule has 1 fully saturated rings. The third kappa shape index (κ3) is 2.88. The molecule has 4 nitrogen and oxygen atoms in total. The molecule has 1 aliphatic rings. The van der Waals surface area contributed by atoms with E-state index in [4.69, 9.17) is 4.42 Å². The fourth-order valence-corrected chi connectivity index (χ4v) is 1.96. The van der Waals surface area contributed by atoms with Crippen LogP contribution in [0.15, 0.2) is 16.5 Å².